The summed E-state index contributed by atoms with van der Waals surface area (Å²) in [6.45, 7) is 1.52. The predicted octanol–water partition coefficient (Wildman–Crippen LogP) is 2.97. The molecule has 0 spiro atoms. The van der Waals surface area contributed by atoms with Gasteiger partial charge in [0.15, 0.2) is 0 Å². The second-order valence-corrected chi connectivity index (χ2v) is 5.12. The molecule has 1 aromatic rings. The van der Waals surface area contributed by atoms with Gasteiger partial charge in [0.05, 0.1) is 0 Å². The Bertz CT molecular complexity index is 408. The van der Waals surface area contributed by atoms with Crippen molar-refractivity contribution < 1.29 is 4.79 Å². The fraction of sp³-hybridized carbons (Fsp3) is 0.462. The summed E-state index contributed by atoms with van der Waals surface area (Å²) in [7, 11) is 0. The minimum Gasteiger partial charge on any atom is -0.342 e. The minimum atomic E-state index is 0.211. The average molecular weight is 272 g/mol. The zero-order valence-electron chi connectivity index (χ0n) is 9.53. The molecule has 1 saturated heterocycles. The molecule has 0 saturated carbocycles. The number of benzene rings is 1. The largest absolute Gasteiger partial charge is 0.342 e. The fourth-order valence-corrected chi connectivity index (χ4v) is 2.57. The summed E-state index contributed by atoms with van der Waals surface area (Å²) in [6, 6.07) is 7.76. The third-order valence-electron chi connectivity index (χ3n) is 3.12. The maximum Gasteiger partial charge on any atom is 0.222 e. The number of carbonyl (C=O) groups excluding carboxylic acids is 1. The molecule has 1 aliphatic heterocycles. The van der Waals surface area contributed by atoms with Gasteiger partial charge in [-0.2, -0.15) is 0 Å². The summed E-state index contributed by atoms with van der Waals surface area (Å²) in [4.78, 5) is 13.6. The average Bonchev–Trinajstić information content (AvgIpc) is 2.69. The maximum atomic E-state index is 11.7. The van der Waals surface area contributed by atoms with Crippen molar-refractivity contribution in [1.29, 1.82) is 0 Å². The molecular formula is C13H15Cl2NO. The van der Waals surface area contributed by atoms with Gasteiger partial charge in [0.1, 0.15) is 0 Å². The Balaban J connectivity index is 1.91. The monoisotopic (exact) mass is 271 g/mol. The number of hydrogen-bond donors (Lipinski definition) is 0. The molecule has 92 valence electrons. The highest BCUT2D eigenvalue weighted by Crippen LogP contribution is 2.21. The Morgan fingerprint density at radius 3 is 2.76 bits per heavy atom. The summed E-state index contributed by atoms with van der Waals surface area (Å²) in [5.74, 6) is 1.09. The van der Waals surface area contributed by atoms with Crippen molar-refractivity contribution in [3.63, 3.8) is 0 Å². The Morgan fingerprint density at radius 2 is 2.12 bits per heavy atom. The van der Waals surface area contributed by atoms with Crippen LogP contribution >= 0.6 is 23.2 Å². The summed E-state index contributed by atoms with van der Waals surface area (Å²) < 4.78 is 0. The molecule has 17 heavy (non-hydrogen) atoms. The lowest BCUT2D eigenvalue weighted by Gasteiger charge is -2.16. The van der Waals surface area contributed by atoms with Crippen molar-refractivity contribution in [2.45, 2.75) is 12.8 Å². The van der Waals surface area contributed by atoms with E-state index >= 15 is 0 Å². The van der Waals surface area contributed by atoms with Crippen LogP contribution in [-0.4, -0.2) is 29.8 Å². The summed E-state index contributed by atoms with van der Waals surface area (Å²) in [5, 5.41) is 0.771. The van der Waals surface area contributed by atoms with E-state index in [-0.39, 0.29) is 5.91 Å². The molecule has 4 heteroatoms. The molecule has 0 aromatic heterocycles. The Morgan fingerprint density at radius 1 is 1.35 bits per heavy atom. The minimum absolute atomic E-state index is 0.211. The summed E-state index contributed by atoms with van der Waals surface area (Å²) >= 11 is 11.9. The summed E-state index contributed by atoms with van der Waals surface area (Å²) in [6.07, 6.45) is 1.40. The molecule has 1 atom stereocenters. The van der Waals surface area contributed by atoms with Crippen LogP contribution in [-0.2, 0) is 11.2 Å². The quantitative estimate of drug-likeness (QED) is 0.772. The smallest absolute Gasteiger partial charge is 0.222 e. The van der Waals surface area contributed by atoms with E-state index in [1.165, 1.54) is 0 Å². The second kappa shape index (κ2) is 5.74. The van der Waals surface area contributed by atoms with Crippen LogP contribution in [0, 0.1) is 5.92 Å². The lowest BCUT2D eigenvalue weighted by molar-refractivity contribution is -0.127. The van der Waals surface area contributed by atoms with Crippen molar-refractivity contribution in [3.05, 3.63) is 34.9 Å². The topological polar surface area (TPSA) is 20.3 Å². The number of likely N-dealkylation sites (tertiary alicyclic amines) is 1. The van der Waals surface area contributed by atoms with E-state index in [9.17, 15) is 4.79 Å². The number of halogens is 2. The van der Waals surface area contributed by atoms with Crippen LogP contribution in [0.15, 0.2) is 24.3 Å². The number of hydrogen-bond acceptors (Lipinski definition) is 1. The first-order valence-corrected chi connectivity index (χ1v) is 6.69. The lowest BCUT2D eigenvalue weighted by atomic mass is 10.1. The summed E-state index contributed by atoms with van der Waals surface area (Å²) in [5.41, 5.74) is 1.09. The zero-order chi connectivity index (χ0) is 12.3. The van der Waals surface area contributed by atoms with Crippen molar-refractivity contribution in [1.82, 2.24) is 4.90 Å². The first-order valence-electron chi connectivity index (χ1n) is 5.78. The van der Waals surface area contributed by atoms with Gasteiger partial charge in [-0.05, 0) is 24.0 Å². The van der Waals surface area contributed by atoms with Gasteiger partial charge in [0.2, 0.25) is 5.91 Å². The second-order valence-electron chi connectivity index (χ2n) is 4.41. The molecule has 1 unspecified atom stereocenters. The van der Waals surface area contributed by atoms with Gasteiger partial charge >= 0.3 is 0 Å². The third kappa shape index (κ3) is 3.14. The molecule has 1 aliphatic rings. The van der Waals surface area contributed by atoms with Crippen molar-refractivity contribution in [3.8, 4) is 0 Å². The molecule has 1 heterocycles. The molecular weight excluding hydrogens is 257 g/mol. The van der Waals surface area contributed by atoms with Gasteiger partial charge in [0.25, 0.3) is 0 Å². The van der Waals surface area contributed by atoms with Crippen LogP contribution in [0.2, 0.25) is 5.02 Å². The number of alkyl halides is 1. The maximum absolute atomic E-state index is 11.7. The van der Waals surface area contributed by atoms with Crippen LogP contribution < -0.4 is 0 Å². The van der Waals surface area contributed by atoms with E-state index in [1.54, 1.807) is 0 Å². The number of amides is 1. The van der Waals surface area contributed by atoms with E-state index < -0.39 is 0 Å². The van der Waals surface area contributed by atoms with Crippen molar-refractivity contribution in [2.24, 2.45) is 5.92 Å². The lowest BCUT2D eigenvalue weighted by Crippen LogP contribution is -2.27. The molecule has 2 nitrogen and oxygen atoms in total. The van der Waals surface area contributed by atoms with Gasteiger partial charge in [-0.25, -0.2) is 0 Å². The molecule has 0 aliphatic carbocycles. The highest BCUT2D eigenvalue weighted by molar-refractivity contribution is 6.31. The van der Waals surface area contributed by atoms with Crippen molar-refractivity contribution in [2.75, 3.05) is 19.0 Å². The van der Waals surface area contributed by atoms with E-state index in [2.05, 4.69) is 0 Å². The van der Waals surface area contributed by atoms with E-state index in [1.807, 2.05) is 29.2 Å². The molecule has 2 rings (SSSR count). The highest BCUT2D eigenvalue weighted by Gasteiger charge is 2.28. The standard InChI is InChI=1S/C13H15Cl2NO/c14-8-10-7-13(17)16(9-10)6-5-11-3-1-2-4-12(11)15/h1-4,10H,5-9H2. The number of rotatable bonds is 4. The van der Waals surface area contributed by atoms with Gasteiger partial charge in [-0.15, -0.1) is 11.6 Å². The normalized spacial score (nSPS) is 20.0. The molecule has 1 fully saturated rings. The Kier molecular flexibility index (Phi) is 4.30. The van der Waals surface area contributed by atoms with Crippen LogP contribution in [0.25, 0.3) is 0 Å². The predicted molar refractivity (Wildman–Crippen MR) is 70.6 cm³/mol. The number of carbonyl (C=O) groups is 1. The SMILES string of the molecule is O=C1CC(CCl)CN1CCc1ccccc1Cl. The van der Waals surface area contributed by atoms with Gasteiger partial charge in [-0.1, -0.05) is 29.8 Å². The Labute approximate surface area is 112 Å². The molecule has 0 N–H and O–H groups in total. The third-order valence-corrected chi connectivity index (χ3v) is 3.93. The highest BCUT2D eigenvalue weighted by atomic mass is 35.5. The molecule has 1 aromatic carbocycles. The Hall–Kier alpha value is -0.730. The first-order chi connectivity index (χ1) is 8.20. The van der Waals surface area contributed by atoms with Crippen LogP contribution in [0.5, 0.6) is 0 Å². The van der Waals surface area contributed by atoms with Crippen LogP contribution in [0.1, 0.15) is 12.0 Å². The fourth-order valence-electron chi connectivity index (χ4n) is 2.13. The van der Waals surface area contributed by atoms with E-state index in [0.29, 0.717) is 18.2 Å². The van der Waals surface area contributed by atoms with Crippen LogP contribution in [0.4, 0.5) is 0 Å². The van der Waals surface area contributed by atoms with Crippen molar-refractivity contribution >= 4 is 29.1 Å². The first kappa shape index (κ1) is 12.7. The van der Waals surface area contributed by atoms with Crippen LogP contribution in [0.3, 0.4) is 0 Å². The number of nitrogens with zero attached hydrogens (tertiary/aromatic N) is 1. The van der Waals surface area contributed by atoms with E-state index in [4.69, 9.17) is 23.2 Å². The molecule has 1 amide bonds. The van der Waals surface area contributed by atoms with Gasteiger partial charge in [-0.3, -0.25) is 4.79 Å². The molecule has 0 radical (unpaired) electrons. The van der Waals surface area contributed by atoms with Gasteiger partial charge < -0.3 is 4.90 Å². The zero-order valence-corrected chi connectivity index (χ0v) is 11.0. The van der Waals surface area contributed by atoms with Gasteiger partial charge in [0, 0.05) is 30.4 Å². The molecule has 0 bridgehead atoms. The van der Waals surface area contributed by atoms with E-state index in [0.717, 1.165) is 30.1 Å².